The first-order chi connectivity index (χ1) is 9.51. The Balaban J connectivity index is 0.00000220. The van der Waals surface area contributed by atoms with Crippen LogP contribution in [0.15, 0.2) is 18.2 Å². The number of hydrogen-bond acceptors (Lipinski definition) is 3. The van der Waals surface area contributed by atoms with Crippen LogP contribution in [0.2, 0.25) is 10.0 Å². The van der Waals surface area contributed by atoms with E-state index in [2.05, 4.69) is 5.32 Å². The summed E-state index contributed by atoms with van der Waals surface area (Å²) < 4.78 is 5.56. The molecule has 1 saturated carbocycles. The highest BCUT2D eigenvalue weighted by molar-refractivity contribution is 6.42. The summed E-state index contributed by atoms with van der Waals surface area (Å²) in [6, 6.07) is 4.95. The molecule has 0 saturated heterocycles. The summed E-state index contributed by atoms with van der Waals surface area (Å²) in [6.45, 7) is 2.15. The Morgan fingerprint density at radius 2 is 2.10 bits per heavy atom. The van der Waals surface area contributed by atoms with Gasteiger partial charge in [0.15, 0.2) is 6.10 Å². The number of rotatable bonds is 6. The Labute approximate surface area is 140 Å². The summed E-state index contributed by atoms with van der Waals surface area (Å²) in [5.41, 5.74) is 5.66. The predicted molar refractivity (Wildman–Crippen MR) is 87.5 cm³/mol. The van der Waals surface area contributed by atoms with Crippen LogP contribution in [-0.2, 0) is 4.79 Å². The molecule has 2 rings (SSSR count). The minimum absolute atomic E-state index is 0. The van der Waals surface area contributed by atoms with E-state index in [0.29, 0.717) is 28.3 Å². The predicted octanol–water partition coefficient (Wildman–Crippen LogP) is 3.04. The van der Waals surface area contributed by atoms with Crippen LogP contribution in [-0.4, -0.2) is 24.6 Å². The molecular weight excluding hydrogens is 335 g/mol. The molecule has 1 aliphatic rings. The first kappa shape index (κ1) is 18.4. The molecule has 1 amide bonds. The fourth-order valence-electron chi connectivity index (χ4n) is 1.98. The van der Waals surface area contributed by atoms with Crippen LogP contribution in [0.1, 0.15) is 19.8 Å². The third-order valence-electron chi connectivity index (χ3n) is 3.35. The number of carbonyl (C=O) groups is 1. The first-order valence-corrected chi connectivity index (χ1v) is 7.39. The van der Waals surface area contributed by atoms with Gasteiger partial charge in [-0.25, -0.2) is 0 Å². The summed E-state index contributed by atoms with van der Waals surface area (Å²) in [5, 5.41) is 3.78. The maximum Gasteiger partial charge on any atom is 0.261 e. The van der Waals surface area contributed by atoms with Gasteiger partial charge in [0, 0.05) is 18.7 Å². The Morgan fingerprint density at radius 3 is 2.62 bits per heavy atom. The van der Waals surface area contributed by atoms with Crippen LogP contribution in [0, 0.1) is 5.92 Å². The van der Waals surface area contributed by atoms with E-state index in [-0.39, 0.29) is 24.4 Å². The molecule has 7 heteroatoms. The number of nitrogens with one attached hydrogen (secondary N) is 1. The lowest BCUT2D eigenvalue weighted by molar-refractivity contribution is -0.128. The second-order valence-electron chi connectivity index (χ2n) is 5.02. The monoisotopic (exact) mass is 352 g/mol. The van der Waals surface area contributed by atoms with E-state index in [1.165, 1.54) is 0 Å². The largest absolute Gasteiger partial charge is 0.481 e. The summed E-state index contributed by atoms with van der Waals surface area (Å²) >= 11 is 11.7. The molecule has 3 N–H and O–H groups in total. The first-order valence-electron chi connectivity index (χ1n) is 6.63. The number of hydrogen-bond donors (Lipinski definition) is 2. The Morgan fingerprint density at radius 1 is 1.43 bits per heavy atom. The van der Waals surface area contributed by atoms with Gasteiger partial charge in [-0.15, -0.1) is 12.4 Å². The molecule has 21 heavy (non-hydrogen) atoms. The van der Waals surface area contributed by atoms with Crippen molar-refractivity contribution in [1.29, 1.82) is 0 Å². The second-order valence-corrected chi connectivity index (χ2v) is 5.84. The van der Waals surface area contributed by atoms with Gasteiger partial charge >= 0.3 is 0 Å². The minimum Gasteiger partial charge on any atom is -0.481 e. The normalized spacial score (nSPS) is 16.6. The van der Waals surface area contributed by atoms with Crippen LogP contribution in [0.3, 0.4) is 0 Å². The van der Waals surface area contributed by atoms with E-state index in [0.717, 1.165) is 12.8 Å². The topological polar surface area (TPSA) is 64.3 Å². The third kappa shape index (κ3) is 5.22. The molecule has 0 aliphatic heterocycles. The standard InChI is InChI=1S/C14H18Cl2N2O2.ClH/c1-8(14(19)18-13(7-17)9-2-3-9)20-10-4-5-11(15)12(16)6-10;/h4-6,8-9,13H,2-3,7,17H2,1H3,(H,18,19);1H. The molecule has 2 unspecified atom stereocenters. The zero-order valence-corrected chi connectivity index (χ0v) is 14.0. The number of halogens is 3. The lowest BCUT2D eigenvalue weighted by atomic mass is 10.2. The molecule has 0 aromatic heterocycles. The average molecular weight is 354 g/mol. The minimum atomic E-state index is -0.611. The van der Waals surface area contributed by atoms with Gasteiger partial charge < -0.3 is 15.8 Å². The summed E-state index contributed by atoms with van der Waals surface area (Å²) in [7, 11) is 0. The van der Waals surface area contributed by atoms with Crippen LogP contribution in [0.5, 0.6) is 5.75 Å². The average Bonchev–Trinajstić information content (AvgIpc) is 3.24. The van der Waals surface area contributed by atoms with Gasteiger partial charge in [0.2, 0.25) is 0 Å². The van der Waals surface area contributed by atoms with Gasteiger partial charge in [0.05, 0.1) is 10.0 Å². The lowest BCUT2D eigenvalue weighted by Gasteiger charge is -2.20. The quantitative estimate of drug-likeness (QED) is 0.826. The smallest absolute Gasteiger partial charge is 0.261 e. The fraction of sp³-hybridized carbons (Fsp3) is 0.500. The Bertz CT molecular complexity index is 495. The molecule has 0 bridgehead atoms. The van der Waals surface area contributed by atoms with Gasteiger partial charge in [-0.2, -0.15) is 0 Å². The molecular formula is C14H19Cl3N2O2. The van der Waals surface area contributed by atoms with Crippen LogP contribution >= 0.6 is 35.6 Å². The van der Waals surface area contributed by atoms with Gasteiger partial charge in [-0.1, -0.05) is 23.2 Å². The van der Waals surface area contributed by atoms with E-state index in [4.69, 9.17) is 33.7 Å². The van der Waals surface area contributed by atoms with E-state index in [1.807, 2.05) is 0 Å². The number of amides is 1. The highest BCUT2D eigenvalue weighted by atomic mass is 35.5. The van der Waals surface area contributed by atoms with Crippen molar-refractivity contribution < 1.29 is 9.53 Å². The second kappa shape index (κ2) is 8.08. The molecule has 4 nitrogen and oxygen atoms in total. The number of carbonyl (C=O) groups excluding carboxylic acids is 1. The molecule has 0 spiro atoms. The molecule has 1 aromatic rings. The summed E-state index contributed by atoms with van der Waals surface area (Å²) in [4.78, 5) is 12.1. The fourth-order valence-corrected chi connectivity index (χ4v) is 2.26. The SMILES string of the molecule is CC(Oc1ccc(Cl)c(Cl)c1)C(=O)NC(CN)C1CC1.Cl. The molecule has 0 heterocycles. The van der Waals surface area contributed by atoms with Gasteiger partial charge in [0.1, 0.15) is 5.75 Å². The van der Waals surface area contributed by atoms with Crippen molar-refractivity contribution >= 4 is 41.5 Å². The van der Waals surface area contributed by atoms with E-state index >= 15 is 0 Å². The van der Waals surface area contributed by atoms with Gasteiger partial charge in [0.25, 0.3) is 5.91 Å². The van der Waals surface area contributed by atoms with E-state index < -0.39 is 6.10 Å². The van der Waals surface area contributed by atoms with Crippen molar-refractivity contribution in [3.05, 3.63) is 28.2 Å². The summed E-state index contributed by atoms with van der Waals surface area (Å²) in [5.74, 6) is 0.859. The molecule has 2 atom stereocenters. The van der Waals surface area contributed by atoms with Crippen molar-refractivity contribution in [3.63, 3.8) is 0 Å². The maximum absolute atomic E-state index is 12.1. The van der Waals surface area contributed by atoms with E-state index in [1.54, 1.807) is 25.1 Å². The lowest BCUT2D eigenvalue weighted by Crippen LogP contribution is -2.46. The third-order valence-corrected chi connectivity index (χ3v) is 4.08. The molecule has 118 valence electrons. The number of ether oxygens (including phenoxy) is 1. The van der Waals surface area contributed by atoms with Crippen LogP contribution in [0.4, 0.5) is 0 Å². The Hall–Kier alpha value is -0.680. The van der Waals surface area contributed by atoms with E-state index in [9.17, 15) is 4.79 Å². The number of benzene rings is 1. The van der Waals surface area contributed by atoms with Crippen molar-refractivity contribution in [2.45, 2.75) is 31.9 Å². The van der Waals surface area contributed by atoms with Crippen molar-refractivity contribution in [2.24, 2.45) is 11.7 Å². The maximum atomic E-state index is 12.1. The van der Waals surface area contributed by atoms with Crippen LogP contribution < -0.4 is 15.8 Å². The number of nitrogens with two attached hydrogens (primary N) is 1. The highest BCUT2D eigenvalue weighted by Gasteiger charge is 2.32. The Kier molecular flexibility index (Phi) is 7.07. The van der Waals surface area contributed by atoms with Crippen molar-refractivity contribution in [2.75, 3.05) is 6.54 Å². The molecule has 0 radical (unpaired) electrons. The van der Waals surface area contributed by atoms with Gasteiger partial charge in [-0.3, -0.25) is 4.79 Å². The highest BCUT2D eigenvalue weighted by Crippen LogP contribution is 2.32. The van der Waals surface area contributed by atoms with Crippen molar-refractivity contribution in [3.8, 4) is 5.75 Å². The van der Waals surface area contributed by atoms with Crippen molar-refractivity contribution in [1.82, 2.24) is 5.32 Å². The zero-order chi connectivity index (χ0) is 14.7. The van der Waals surface area contributed by atoms with Crippen LogP contribution in [0.25, 0.3) is 0 Å². The summed E-state index contributed by atoms with van der Waals surface area (Å²) in [6.07, 6.45) is 1.65. The molecule has 1 aliphatic carbocycles. The van der Waals surface area contributed by atoms with Gasteiger partial charge in [-0.05, 0) is 37.8 Å². The molecule has 1 fully saturated rings. The molecule has 1 aromatic carbocycles. The zero-order valence-electron chi connectivity index (χ0n) is 11.6.